The first-order valence-corrected chi connectivity index (χ1v) is 8.81. The Labute approximate surface area is 202 Å². The Morgan fingerprint density at radius 3 is 1.32 bits per heavy atom. The fourth-order valence-corrected chi connectivity index (χ4v) is 2.86. The number of fused-ring (bicyclic) bond motifs is 3. The van der Waals surface area contributed by atoms with Crippen LogP contribution in [0.25, 0.3) is 21.5 Å². The maximum Gasteiger partial charge on any atom is 4.00 e. The molecule has 5 aromatic carbocycles. The first-order valence-electron chi connectivity index (χ1n) is 8.31. The quantitative estimate of drug-likeness (QED) is 0.202. The standard InChI is InChI=1S/C13H9.C6H5Si.C5H5.2ClH.Zr/c1-3-7-12-10(5-1)9-11-6-2-4-8-13(11)12;7-6-4-2-1-3-5-6;1-2-4-5-3-1;;;/h1-9H;1-5H;1-5H;2*1H;/q-1;;-1;;;+4/p-2. The fourth-order valence-electron chi connectivity index (χ4n) is 2.66. The first kappa shape index (κ1) is 26.6. The van der Waals surface area contributed by atoms with E-state index >= 15 is 0 Å². The van der Waals surface area contributed by atoms with Crippen LogP contribution in [0.1, 0.15) is 0 Å². The Morgan fingerprint density at radius 1 is 0.536 bits per heavy atom. The molecule has 0 fully saturated rings. The van der Waals surface area contributed by atoms with Crippen molar-refractivity contribution in [2.75, 3.05) is 0 Å². The van der Waals surface area contributed by atoms with Gasteiger partial charge in [0.1, 0.15) is 0 Å². The Bertz CT molecular complexity index is 941. The predicted molar refractivity (Wildman–Crippen MR) is 111 cm³/mol. The van der Waals surface area contributed by atoms with Crippen LogP contribution in [0.3, 0.4) is 0 Å². The van der Waals surface area contributed by atoms with Gasteiger partial charge >= 0.3 is 26.2 Å². The van der Waals surface area contributed by atoms with Crippen LogP contribution in [0.4, 0.5) is 0 Å². The second kappa shape index (κ2) is 14.5. The average molecular weight is 498 g/mol. The topological polar surface area (TPSA) is 0 Å². The summed E-state index contributed by atoms with van der Waals surface area (Å²) in [5.41, 5.74) is 0. The average Bonchev–Trinajstić information content (AvgIpc) is 3.34. The third-order valence-electron chi connectivity index (χ3n) is 3.85. The van der Waals surface area contributed by atoms with Gasteiger partial charge in [0, 0.05) is 0 Å². The summed E-state index contributed by atoms with van der Waals surface area (Å²) in [6.07, 6.45) is 0. The molecular formula is C24H19Cl2SiZr. The van der Waals surface area contributed by atoms with Crippen LogP contribution in [-0.2, 0) is 26.2 Å². The van der Waals surface area contributed by atoms with Crippen LogP contribution in [0, 0.1) is 0 Å². The number of rotatable bonds is 0. The summed E-state index contributed by atoms with van der Waals surface area (Å²) in [5, 5.41) is 6.52. The zero-order chi connectivity index (χ0) is 17.3. The predicted octanol–water partition coefficient (Wildman–Crippen LogP) is -0.397. The molecule has 0 spiro atoms. The molecule has 0 heterocycles. The van der Waals surface area contributed by atoms with Gasteiger partial charge in [-0.2, -0.15) is 18.2 Å². The fraction of sp³-hybridized carbons (Fsp3) is 0. The Kier molecular flexibility index (Phi) is 13.8. The molecule has 5 aromatic rings. The van der Waals surface area contributed by atoms with E-state index in [0.29, 0.717) is 0 Å². The Hall–Kier alpha value is -1.44. The van der Waals surface area contributed by atoms with Gasteiger partial charge in [0.05, 0.1) is 10.2 Å². The van der Waals surface area contributed by atoms with Crippen LogP contribution >= 0.6 is 0 Å². The van der Waals surface area contributed by atoms with Crippen LogP contribution in [0.5, 0.6) is 0 Å². The van der Waals surface area contributed by atoms with Gasteiger partial charge in [0.2, 0.25) is 0 Å². The summed E-state index contributed by atoms with van der Waals surface area (Å²) in [6.45, 7) is 0. The Morgan fingerprint density at radius 2 is 0.964 bits per heavy atom. The third-order valence-corrected chi connectivity index (χ3v) is 4.19. The molecular weight excluding hydrogens is 478 g/mol. The molecule has 0 N–H and O–H groups in total. The summed E-state index contributed by atoms with van der Waals surface area (Å²) in [6, 6.07) is 39.2. The molecule has 28 heavy (non-hydrogen) atoms. The zero-order valence-electron chi connectivity index (χ0n) is 15.2. The van der Waals surface area contributed by atoms with Gasteiger partial charge in [-0.15, -0.1) is 39.7 Å². The molecule has 3 radical (unpaired) electrons. The van der Waals surface area contributed by atoms with Crippen molar-refractivity contribution in [3.63, 3.8) is 0 Å². The second-order valence-electron chi connectivity index (χ2n) is 5.65. The van der Waals surface area contributed by atoms with Crippen LogP contribution in [-0.4, -0.2) is 10.2 Å². The van der Waals surface area contributed by atoms with Crippen LogP contribution < -0.4 is 30.0 Å². The minimum atomic E-state index is 0. The van der Waals surface area contributed by atoms with Gasteiger partial charge in [-0.25, -0.2) is 12.1 Å². The van der Waals surface area contributed by atoms with Crippen molar-refractivity contribution in [2.45, 2.75) is 0 Å². The molecule has 0 amide bonds. The van der Waals surface area contributed by atoms with E-state index in [1.54, 1.807) is 0 Å². The molecule has 0 aromatic heterocycles. The SMILES string of the molecule is [Cl-].[Cl-].[Si]c1ccccc1.[Zr+4].c1cc[cH-]c1.c1ccc2c(c1)[cH-]c1ccccc12. The summed E-state index contributed by atoms with van der Waals surface area (Å²) in [4.78, 5) is 0. The molecule has 0 saturated heterocycles. The van der Waals surface area contributed by atoms with Gasteiger partial charge in [-0.3, -0.25) is 0 Å². The van der Waals surface area contributed by atoms with Crippen molar-refractivity contribution in [3.8, 4) is 0 Å². The second-order valence-corrected chi connectivity index (χ2v) is 6.22. The maximum atomic E-state index is 3.36. The molecule has 0 atom stereocenters. The van der Waals surface area contributed by atoms with E-state index in [2.05, 4.69) is 64.8 Å². The Balaban J connectivity index is 0.000000419. The van der Waals surface area contributed by atoms with Crippen LogP contribution in [0.2, 0.25) is 0 Å². The van der Waals surface area contributed by atoms with Gasteiger partial charge in [-0.1, -0.05) is 71.9 Å². The van der Waals surface area contributed by atoms with Crippen molar-refractivity contribution < 1.29 is 51.0 Å². The molecule has 0 unspecified atom stereocenters. The smallest absolute Gasteiger partial charge is 1.00 e. The first-order chi connectivity index (χ1) is 12.3. The van der Waals surface area contributed by atoms with E-state index in [-0.39, 0.29) is 51.0 Å². The van der Waals surface area contributed by atoms with Gasteiger partial charge < -0.3 is 24.8 Å². The summed E-state index contributed by atoms with van der Waals surface area (Å²) in [7, 11) is 3.36. The molecule has 0 aliphatic carbocycles. The molecule has 5 rings (SSSR count). The van der Waals surface area contributed by atoms with Crippen molar-refractivity contribution in [3.05, 3.63) is 115 Å². The summed E-state index contributed by atoms with van der Waals surface area (Å²) < 4.78 is 0. The number of benzene rings is 3. The monoisotopic (exact) mass is 495 g/mol. The molecule has 0 bridgehead atoms. The van der Waals surface area contributed by atoms with Crippen LogP contribution in [0.15, 0.2) is 115 Å². The molecule has 0 aliphatic rings. The van der Waals surface area contributed by atoms with E-state index in [1.807, 2.05) is 60.7 Å². The molecule has 4 heteroatoms. The molecule has 0 aliphatic heterocycles. The van der Waals surface area contributed by atoms with E-state index < -0.39 is 0 Å². The van der Waals surface area contributed by atoms with Gasteiger partial charge in [0.15, 0.2) is 0 Å². The van der Waals surface area contributed by atoms with E-state index in [9.17, 15) is 0 Å². The van der Waals surface area contributed by atoms with Gasteiger partial charge in [-0.05, 0) is 0 Å². The normalized spacial score (nSPS) is 8.75. The zero-order valence-corrected chi connectivity index (χ0v) is 20.2. The molecule has 137 valence electrons. The largest absolute Gasteiger partial charge is 4.00 e. The van der Waals surface area contributed by atoms with E-state index in [0.717, 1.165) is 5.19 Å². The van der Waals surface area contributed by atoms with Crippen molar-refractivity contribution in [1.82, 2.24) is 0 Å². The molecule has 0 nitrogen and oxygen atoms in total. The van der Waals surface area contributed by atoms with Crippen molar-refractivity contribution in [2.24, 2.45) is 0 Å². The molecule has 0 saturated carbocycles. The van der Waals surface area contributed by atoms with E-state index in [4.69, 9.17) is 0 Å². The minimum absolute atomic E-state index is 0. The number of halogens is 2. The number of hydrogen-bond acceptors (Lipinski definition) is 0. The van der Waals surface area contributed by atoms with E-state index in [1.165, 1.54) is 21.5 Å². The summed E-state index contributed by atoms with van der Waals surface area (Å²) >= 11 is 0. The number of hydrogen-bond donors (Lipinski definition) is 0. The summed E-state index contributed by atoms with van der Waals surface area (Å²) in [5.74, 6) is 0. The minimum Gasteiger partial charge on any atom is -1.00 e. The van der Waals surface area contributed by atoms with Crippen molar-refractivity contribution in [1.29, 1.82) is 0 Å². The van der Waals surface area contributed by atoms with Gasteiger partial charge in [0.25, 0.3) is 0 Å². The third kappa shape index (κ3) is 7.89. The van der Waals surface area contributed by atoms with Crippen molar-refractivity contribution >= 4 is 37.0 Å². The maximum absolute atomic E-state index is 3.36.